The summed E-state index contributed by atoms with van der Waals surface area (Å²) in [7, 11) is 0. The van der Waals surface area contributed by atoms with Crippen LogP contribution in [0.4, 0.5) is 5.69 Å². The van der Waals surface area contributed by atoms with Gasteiger partial charge in [0.05, 0.1) is 0 Å². The molecule has 1 aromatic rings. The van der Waals surface area contributed by atoms with Crippen LogP contribution in [0.25, 0.3) is 0 Å². The van der Waals surface area contributed by atoms with Gasteiger partial charge in [0.1, 0.15) is 6.29 Å². The number of carbonyl (C=O) groups excluding carboxylic acids is 1. The number of carbonyl (C=O) groups is 1. The van der Waals surface area contributed by atoms with E-state index in [1.165, 1.54) is 5.56 Å². The second kappa shape index (κ2) is 5.22. The van der Waals surface area contributed by atoms with E-state index >= 15 is 0 Å². The van der Waals surface area contributed by atoms with E-state index in [1.54, 1.807) is 6.20 Å². The summed E-state index contributed by atoms with van der Waals surface area (Å²) >= 11 is 0. The quantitative estimate of drug-likeness (QED) is 0.583. The molecule has 0 atom stereocenters. The highest BCUT2D eigenvalue weighted by atomic mass is 16.1. The largest absolute Gasteiger partial charge is 0.361 e. The van der Waals surface area contributed by atoms with Gasteiger partial charge in [-0.3, -0.25) is 4.79 Å². The Hall–Kier alpha value is -1.57. The van der Waals surface area contributed by atoms with E-state index in [1.807, 2.05) is 38.1 Å². The maximum absolute atomic E-state index is 10.5. The second-order valence-electron chi connectivity index (χ2n) is 3.20. The van der Waals surface area contributed by atoms with Crippen LogP contribution in [0.1, 0.15) is 18.9 Å². The summed E-state index contributed by atoms with van der Waals surface area (Å²) in [6.45, 7) is 4.00. The standard InChI is InChI=1S/C12H15NO/c1-3-11(9-14)8-13-12-6-4-10(2)5-7-12/h4-9,13H,3H2,1-2H3/b11-8+. The van der Waals surface area contributed by atoms with Crippen molar-refractivity contribution >= 4 is 12.0 Å². The van der Waals surface area contributed by atoms with Gasteiger partial charge in [0.2, 0.25) is 0 Å². The summed E-state index contributed by atoms with van der Waals surface area (Å²) in [4.78, 5) is 10.5. The molecule has 0 unspecified atom stereocenters. The maximum atomic E-state index is 10.5. The number of rotatable bonds is 4. The molecule has 0 radical (unpaired) electrons. The SMILES string of the molecule is CC/C(C=O)=C\Nc1ccc(C)cc1. The molecule has 74 valence electrons. The first-order chi connectivity index (χ1) is 6.76. The highest BCUT2D eigenvalue weighted by Crippen LogP contribution is 2.09. The molecule has 0 bridgehead atoms. The normalized spacial score (nSPS) is 11.1. The highest BCUT2D eigenvalue weighted by Gasteiger charge is 1.91. The van der Waals surface area contributed by atoms with Gasteiger partial charge in [-0.15, -0.1) is 0 Å². The number of aryl methyl sites for hydroxylation is 1. The molecule has 1 aromatic carbocycles. The van der Waals surface area contributed by atoms with Gasteiger partial charge in [-0.25, -0.2) is 0 Å². The van der Waals surface area contributed by atoms with Crippen molar-refractivity contribution in [2.45, 2.75) is 20.3 Å². The lowest BCUT2D eigenvalue weighted by Gasteiger charge is -2.01. The molecule has 0 aromatic heterocycles. The molecule has 0 aliphatic heterocycles. The minimum absolute atomic E-state index is 0.752. The van der Waals surface area contributed by atoms with E-state index in [2.05, 4.69) is 5.32 Å². The van der Waals surface area contributed by atoms with Gasteiger partial charge in [0.15, 0.2) is 0 Å². The number of hydrogen-bond acceptors (Lipinski definition) is 2. The Balaban J connectivity index is 2.65. The molecule has 1 N–H and O–H groups in total. The molecule has 0 amide bonds. The number of aldehydes is 1. The Kier molecular flexibility index (Phi) is 3.92. The Morgan fingerprint density at radius 3 is 2.50 bits per heavy atom. The predicted molar refractivity (Wildman–Crippen MR) is 59.2 cm³/mol. The molecular formula is C12H15NO. The van der Waals surface area contributed by atoms with Crippen molar-refractivity contribution in [2.75, 3.05) is 5.32 Å². The predicted octanol–water partition coefficient (Wildman–Crippen LogP) is 2.90. The van der Waals surface area contributed by atoms with Crippen LogP contribution in [-0.2, 0) is 4.79 Å². The van der Waals surface area contributed by atoms with E-state index < -0.39 is 0 Å². The van der Waals surface area contributed by atoms with Crippen LogP contribution >= 0.6 is 0 Å². The monoisotopic (exact) mass is 189 g/mol. The molecule has 2 heteroatoms. The van der Waals surface area contributed by atoms with Crippen LogP contribution in [0, 0.1) is 6.92 Å². The van der Waals surface area contributed by atoms with E-state index in [4.69, 9.17) is 0 Å². The van der Waals surface area contributed by atoms with Gasteiger partial charge in [-0.1, -0.05) is 24.6 Å². The first-order valence-electron chi connectivity index (χ1n) is 4.73. The lowest BCUT2D eigenvalue weighted by Crippen LogP contribution is -1.92. The third kappa shape index (κ3) is 3.05. The van der Waals surface area contributed by atoms with Crippen molar-refractivity contribution in [3.8, 4) is 0 Å². The average molecular weight is 189 g/mol. The van der Waals surface area contributed by atoms with Crippen molar-refractivity contribution in [3.05, 3.63) is 41.6 Å². The lowest BCUT2D eigenvalue weighted by molar-refractivity contribution is -0.105. The average Bonchev–Trinajstić information content (AvgIpc) is 2.22. The zero-order valence-electron chi connectivity index (χ0n) is 8.58. The molecular weight excluding hydrogens is 174 g/mol. The first kappa shape index (κ1) is 10.5. The Labute approximate surface area is 84.6 Å². The third-order valence-corrected chi connectivity index (χ3v) is 2.04. The molecule has 0 spiro atoms. The smallest absolute Gasteiger partial charge is 0.147 e. The van der Waals surface area contributed by atoms with Crippen molar-refractivity contribution in [1.82, 2.24) is 0 Å². The number of benzene rings is 1. The fraction of sp³-hybridized carbons (Fsp3) is 0.250. The van der Waals surface area contributed by atoms with Crippen molar-refractivity contribution in [3.63, 3.8) is 0 Å². The van der Waals surface area contributed by atoms with Crippen LogP contribution in [0.3, 0.4) is 0 Å². The molecule has 0 saturated heterocycles. The summed E-state index contributed by atoms with van der Waals surface area (Å²) in [5.74, 6) is 0. The summed E-state index contributed by atoms with van der Waals surface area (Å²) in [6.07, 6.45) is 3.38. The molecule has 1 rings (SSSR count). The van der Waals surface area contributed by atoms with Crippen LogP contribution in [0.15, 0.2) is 36.0 Å². The number of allylic oxidation sites excluding steroid dienone is 1. The Morgan fingerprint density at radius 1 is 1.36 bits per heavy atom. The van der Waals surface area contributed by atoms with Gasteiger partial charge in [-0.2, -0.15) is 0 Å². The summed E-state index contributed by atoms with van der Waals surface area (Å²) < 4.78 is 0. The first-order valence-corrected chi connectivity index (χ1v) is 4.73. The van der Waals surface area contributed by atoms with Crippen LogP contribution in [0.5, 0.6) is 0 Å². The van der Waals surface area contributed by atoms with Gasteiger partial charge < -0.3 is 5.32 Å². The van der Waals surface area contributed by atoms with E-state index in [9.17, 15) is 4.79 Å². The molecule has 0 aliphatic carbocycles. The van der Waals surface area contributed by atoms with Gasteiger partial charge in [0, 0.05) is 17.5 Å². The molecule has 0 aliphatic rings. The van der Waals surface area contributed by atoms with E-state index in [-0.39, 0.29) is 0 Å². The molecule has 0 heterocycles. The number of nitrogens with one attached hydrogen (secondary N) is 1. The maximum Gasteiger partial charge on any atom is 0.147 e. The summed E-state index contributed by atoms with van der Waals surface area (Å²) in [6, 6.07) is 8.04. The lowest BCUT2D eigenvalue weighted by atomic mass is 10.2. The zero-order valence-corrected chi connectivity index (χ0v) is 8.58. The minimum Gasteiger partial charge on any atom is -0.361 e. The third-order valence-electron chi connectivity index (χ3n) is 2.04. The van der Waals surface area contributed by atoms with Gasteiger partial charge in [-0.05, 0) is 25.5 Å². The van der Waals surface area contributed by atoms with E-state index in [0.29, 0.717) is 0 Å². The topological polar surface area (TPSA) is 29.1 Å². The van der Waals surface area contributed by atoms with Crippen molar-refractivity contribution in [2.24, 2.45) is 0 Å². The highest BCUT2D eigenvalue weighted by molar-refractivity contribution is 5.73. The minimum atomic E-state index is 0.752. The fourth-order valence-corrected chi connectivity index (χ4v) is 1.05. The van der Waals surface area contributed by atoms with Crippen LogP contribution in [-0.4, -0.2) is 6.29 Å². The molecule has 14 heavy (non-hydrogen) atoms. The molecule has 2 nitrogen and oxygen atoms in total. The molecule has 0 saturated carbocycles. The van der Waals surface area contributed by atoms with Crippen LogP contribution < -0.4 is 5.32 Å². The van der Waals surface area contributed by atoms with Crippen molar-refractivity contribution in [1.29, 1.82) is 0 Å². The Bertz CT molecular complexity index is 325. The Morgan fingerprint density at radius 2 is 2.00 bits per heavy atom. The number of hydrogen-bond donors (Lipinski definition) is 1. The van der Waals surface area contributed by atoms with E-state index in [0.717, 1.165) is 24.0 Å². The second-order valence-corrected chi connectivity index (χ2v) is 3.20. The van der Waals surface area contributed by atoms with Gasteiger partial charge in [0.25, 0.3) is 0 Å². The zero-order chi connectivity index (χ0) is 10.4. The number of anilines is 1. The van der Waals surface area contributed by atoms with Crippen LogP contribution in [0.2, 0.25) is 0 Å². The summed E-state index contributed by atoms with van der Waals surface area (Å²) in [5.41, 5.74) is 3.00. The van der Waals surface area contributed by atoms with Crippen molar-refractivity contribution < 1.29 is 4.79 Å². The molecule has 0 fully saturated rings. The summed E-state index contributed by atoms with van der Waals surface area (Å²) in [5, 5.41) is 3.08. The fourth-order valence-electron chi connectivity index (χ4n) is 1.05. The van der Waals surface area contributed by atoms with Gasteiger partial charge >= 0.3 is 0 Å².